The molecule has 0 spiro atoms. The van der Waals surface area contributed by atoms with Gasteiger partial charge in [0.25, 0.3) is 0 Å². The molecule has 7 heteroatoms. The second kappa shape index (κ2) is 5.58. The zero-order valence-corrected chi connectivity index (χ0v) is 12.7. The minimum atomic E-state index is -0.363. The van der Waals surface area contributed by atoms with Crippen molar-refractivity contribution in [3.63, 3.8) is 0 Å². The number of hydrogen-bond acceptors (Lipinski definition) is 5. The Labute approximate surface area is 135 Å². The molecule has 0 unspecified atom stereocenters. The molecule has 5 nitrogen and oxygen atoms in total. The highest BCUT2D eigenvalue weighted by Gasteiger charge is 2.32. The largest absolute Gasteiger partial charge is 0.293 e. The molecule has 0 saturated heterocycles. The summed E-state index contributed by atoms with van der Waals surface area (Å²) in [6.07, 6.45) is 0.648. The van der Waals surface area contributed by atoms with Gasteiger partial charge in [-0.15, -0.1) is 5.10 Å². The lowest BCUT2D eigenvalue weighted by atomic mass is 10.1. The van der Waals surface area contributed by atoms with Gasteiger partial charge in [-0.1, -0.05) is 42.1 Å². The Hall–Kier alpha value is -2.54. The topological polar surface area (TPSA) is 60.7 Å². The van der Waals surface area contributed by atoms with Crippen LogP contribution in [-0.2, 0) is 6.42 Å². The Balaban J connectivity index is 1.62. The maximum Gasteiger partial charge on any atom is 0.214 e. The molecule has 0 N–H and O–H groups in total. The SMILES string of the molecule is O=C1c2ccccc2C[C@@H]1Sc1nnnn1-c1cccc(F)c1. The molecule has 1 aliphatic carbocycles. The normalized spacial score (nSPS) is 16.6. The Morgan fingerprint density at radius 3 is 2.87 bits per heavy atom. The van der Waals surface area contributed by atoms with Crippen molar-refractivity contribution in [1.29, 1.82) is 0 Å². The average Bonchev–Trinajstić information content (AvgIpc) is 3.14. The van der Waals surface area contributed by atoms with Crippen LogP contribution in [0.5, 0.6) is 0 Å². The number of thioether (sulfide) groups is 1. The first-order chi connectivity index (χ1) is 11.2. The molecular weight excluding hydrogens is 315 g/mol. The van der Waals surface area contributed by atoms with Crippen molar-refractivity contribution in [3.05, 3.63) is 65.5 Å². The van der Waals surface area contributed by atoms with Crippen LogP contribution in [0.1, 0.15) is 15.9 Å². The van der Waals surface area contributed by atoms with Gasteiger partial charge in [-0.3, -0.25) is 4.79 Å². The summed E-state index contributed by atoms with van der Waals surface area (Å²) in [6, 6.07) is 13.6. The molecule has 4 rings (SSSR count). The Kier molecular flexibility index (Phi) is 3.42. The van der Waals surface area contributed by atoms with Crippen LogP contribution in [0.2, 0.25) is 0 Å². The number of aromatic nitrogens is 4. The molecule has 23 heavy (non-hydrogen) atoms. The summed E-state index contributed by atoms with van der Waals surface area (Å²) in [5, 5.41) is 11.7. The number of rotatable bonds is 3. The molecule has 0 bridgehead atoms. The molecule has 0 amide bonds. The highest BCUT2D eigenvalue weighted by atomic mass is 32.2. The van der Waals surface area contributed by atoms with Crippen LogP contribution in [0.3, 0.4) is 0 Å². The average molecular weight is 326 g/mol. The fourth-order valence-electron chi connectivity index (χ4n) is 2.65. The molecule has 1 heterocycles. The molecule has 114 valence electrons. The third kappa shape index (κ3) is 2.53. The molecule has 0 aliphatic heterocycles. The summed E-state index contributed by atoms with van der Waals surface area (Å²) >= 11 is 1.30. The van der Waals surface area contributed by atoms with Gasteiger partial charge >= 0.3 is 0 Å². The minimum Gasteiger partial charge on any atom is -0.293 e. The Morgan fingerprint density at radius 2 is 2.04 bits per heavy atom. The molecule has 1 aliphatic rings. The van der Waals surface area contributed by atoms with E-state index in [4.69, 9.17) is 0 Å². The zero-order valence-electron chi connectivity index (χ0n) is 11.9. The van der Waals surface area contributed by atoms with E-state index in [1.807, 2.05) is 24.3 Å². The van der Waals surface area contributed by atoms with Gasteiger partial charge in [-0.05, 0) is 40.6 Å². The molecular formula is C16H11FN4OS. The van der Waals surface area contributed by atoms with E-state index in [-0.39, 0.29) is 16.9 Å². The van der Waals surface area contributed by atoms with Crippen LogP contribution in [0.15, 0.2) is 53.7 Å². The van der Waals surface area contributed by atoms with Crippen molar-refractivity contribution < 1.29 is 9.18 Å². The smallest absolute Gasteiger partial charge is 0.214 e. The number of Topliss-reactive ketones (excluding diaryl/α,β-unsaturated/α-hetero) is 1. The number of benzene rings is 2. The number of hydrogen-bond donors (Lipinski definition) is 0. The quantitative estimate of drug-likeness (QED) is 0.740. The van der Waals surface area contributed by atoms with E-state index >= 15 is 0 Å². The van der Waals surface area contributed by atoms with Crippen LogP contribution in [0.25, 0.3) is 5.69 Å². The van der Waals surface area contributed by atoms with Crippen molar-refractivity contribution >= 4 is 17.5 Å². The lowest BCUT2D eigenvalue weighted by Crippen LogP contribution is -2.13. The third-order valence-electron chi connectivity index (χ3n) is 3.72. The lowest BCUT2D eigenvalue weighted by molar-refractivity contribution is 0.1000. The van der Waals surface area contributed by atoms with Crippen LogP contribution < -0.4 is 0 Å². The van der Waals surface area contributed by atoms with Crippen molar-refractivity contribution in [3.8, 4) is 5.69 Å². The molecule has 1 atom stereocenters. The molecule has 0 saturated carbocycles. The van der Waals surface area contributed by atoms with Gasteiger partial charge in [0.15, 0.2) is 5.78 Å². The van der Waals surface area contributed by atoms with Crippen LogP contribution in [0.4, 0.5) is 4.39 Å². The van der Waals surface area contributed by atoms with Crippen molar-refractivity contribution in [2.45, 2.75) is 16.8 Å². The summed E-state index contributed by atoms with van der Waals surface area (Å²) in [7, 11) is 0. The van der Waals surface area contributed by atoms with Crippen LogP contribution >= 0.6 is 11.8 Å². The Morgan fingerprint density at radius 1 is 1.17 bits per heavy atom. The van der Waals surface area contributed by atoms with E-state index in [1.165, 1.54) is 28.6 Å². The van der Waals surface area contributed by atoms with E-state index in [2.05, 4.69) is 15.5 Å². The lowest BCUT2D eigenvalue weighted by Gasteiger charge is -2.08. The summed E-state index contributed by atoms with van der Waals surface area (Å²) in [6.45, 7) is 0. The maximum absolute atomic E-state index is 13.4. The molecule has 3 aromatic rings. The predicted octanol–water partition coefficient (Wildman–Crippen LogP) is 2.70. The first-order valence-electron chi connectivity index (χ1n) is 7.05. The minimum absolute atomic E-state index is 0.0828. The van der Waals surface area contributed by atoms with Crippen LogP contribution in [-0.4, -0.2) is 31.2 Å². The van der Waals surface area contributed by atoms with E-state index in [0.717, 1.165) is 11.1 Å². The molecule has 1 aromatic heterocycles. The first-order valence-corrected chi connectivity index (χ1v) is 7.93. The third-order valence-corrected chi connectivity index (χ3v) is 4.85. The molecule has 0 radical (unpaired) electrons. The van der Waals surface area contributed by atoms with Gasteiger partial charge < -0.3 is 0 Å². The number of halogens is 1. The number of ketones is 1. The number of carbonyl (C=O) groups excluding carboxylic acids is 1. The monoisotopic (exact) mass is 326 g/mol. The number of fused-ring (bicyclic) bond motifs is 1. The predicted molar refractivity (Wildman–Crippen MR) is 83.2 cm³/mol. The van der Waals surface area contributed by atoms with E-state index in [0.29, 0.717) is 17.3 Å². The van der Waals surface area contributed by atoms with Crippen molar-refractivity contribution in [2.24, 2.45) is 0 Å². The van der Waals surface area contributed by atoms with Crippen molar-refractivity contribution in [1.82, 2.24) is 20.2 Å². The Bertz CT molecular complexity index is 895. The zero-order chi connectivity index (χ0) is 15.8. The van der Waals surface area contributed by atoms with Crippen molar-refractivity contribution in [2.75, 3.05) is 0 Å². The first kappa shape index (κ1) is 14.1. The second-order valence-electron chi connectivity index (χ2n) is 5.19. The van der Waals surface area contributed by atoms with Gasteiger partial charge in [-0.25, -0.2) is 4.39 Å². The van der Waals surface area contributed by atoms with Gasteiger partial charge in [0.1, 0.15) is 5.82 Å². The highest BCUT2D eigenvalue weighted by Crippen LogP contribution is 2.33. The molecule has 2 aromatic carbocycles. The second-order valence-corrected chi connectivity index (χ2v) is 6.36. The fourth-order valence-corrected chi connectivity index (χ4v) is 3.73. The highest BCUT2D eigenvalue weighted by molar-refractivity contribution is 8.00. The summed E-state index contributed by atoms with van der Waals surface area (Å²) in [4.78, 5) is 12.5. The standard InChI is InChI=1S/C16H11FN4OS/c17-11-5-3-6-12(9-11)21-16(18-19-20-21)23-14-8-10-4-1-2-7-13(10)15(14)22/h1-7,9,14H,8H2/t14-/m0/s1. The van der Waals surface area contributed by atoms with E-state index in [1.54, 1.807) is 12.1 Å². The summed E-state index contributed by atoms with van der Waals surface area (Å²) in [5.74, 6) is -0.280. The van der Waals surface area contributed by atoms with Gasteiger partial charge in [0, 0.05) is 5.56 Å². The summed E-state index contributed by atoms with van der Waals surface area (Å²) < 4.78 is 14.8. The molecule has 0 fully saturated rings. The van der Waals surface area contributed by atoms with Gasteiger partial charge in [0.2, 0.25) is 5.16 Å². The fraction of sp³-hybridized carbons (Fsp3) is 0.125. The maximum atomic E-state index is 13.4. The number of nitrogens with zero attached hydrogens (tertiary/aromatic N) is 4. The van der Waals surface area contributed by atoms with Crippen LogP contribution in [0, 0.1) is 5.82 Å². The van der Waals surface area contributed by atoms with Gasteiger partial charge in [-0.2, -0.15) is 4.68 Å². The summed E-state index contributed by atoms with van der Waals surface area (Å²) in [5.41, 5.74) is 2.33. The van der Waals surface area contributed by atoms with Gasteiger partial charge in [0.05, 0.1) is 10.9 Å². The number of tetrazole rings is 1. The number of carbonyl (C=O) groups is 1. The van der Waals surface area contributed by atoms with E-state index in [9.17, 15) is 9.18 Å². The van der Waals surface area contributed by atoms with E-state index < -0.39 is 0 Å².